The topological polar surface area (TPSA) is 110 Å². The van der Waals surface area contributed by atoms with Crippen LogP contribution >= 0.6 is 0 Å². The number of nitrogens with one attached hydrogen (secondary N) is 1. The Morgan fingerprint density at radius 1 is 1.35 bits per heavy atom. The van der Waals surface area contributed by atoms with Crippen LogP contribution in [0.3, 0.4) is 0 Å². The Kier molecular flexibility index (Phi) is 5.54. The second kappa shape index (κ2) is 7.68. The minimum Gasteiger partial charge on any atom is -0.494 e. The zero-order valence-corrected chi connectivity index (χ0v) is 15.3. The smallest absolute Gasteiger partial charge is 0.274 e. The van der Waals surface area contributed by atoms with Crippen LogP contribution in [0.1, 0.15) is 19.3 Å². The minimum atomic E-state index is -3.64. The SMILES string of the molecule is COc1cc2ncnc(N3CCC(CCNS(N)(=O)=O)CC3)c2cc1F. The Morgan fingerprint density at radius 2 is 2.08 bits per heavy atom. The number of halogens is 1. The van der Waals surface area contributed by atoms with Crippen molar-refractivity contribution >= 4 is 26.9 Å². The Hall–Kier alpha value is -2.04. The molecule has 0 unspecified atom stereocenters. The molecule has 3 N–H and O–H groups in total. The van der Waals surface area contributed by atoms with E-state index in [1.165, 1.54) is 19.5 Å². The third-order valence-corrected chi connectivity index (χ3v) is 5.26. The van der Waals surface area contributed by atoms with Crippen LogP contribution in [-0.2, 0) is 10.2 Å². The van der Waals surface area contributed by atoms with Crippen molar-refractivity contribution in [1.82, 2.24) is 14.7 Å². The summed E-state index contributed by atoms with van der Waals surface area (Å²) in [6.45, 7) is 1.87. The number of anilines is 1. The lowest BCUT2D eigenvalue weighted by atomic mass is 9.93. The third kappa shape index (κ3) is 4.37. The number of methoxy groups -OCH3 is 1. The Bertz CT molecular complexity index is 885. The van der Waals surface area contributed by atoms with Crippen LogP contribution in [0.15, 0.2) is 18.5 Å². The number of benzene rings is 1. The van der Waals surface area contributed by atoms with Crippen molar-refractivity contribution in [3.05, 3.63) is 24.3 Å². The molecule has 0 saturated carbocycles. The Morgan fingerprint density at radius 3 is 2.73 bits per heavy atom. The number of aromatic nitrogens is 2. The van der Waals surface area contributed by atoms with Gasteiger partial charge in [-0.25, -0.2) is 24.2 Å². The predicted octanol–water partition coefficient (Wildman–Crippen LogP) is 1.18. The van der Waals surface area contributed by atoms with E-state index < -0.39 is 16.0 Å². The van der Waals surface area contributed by atoms with Crippen LogP contribution in [0.4, 0.5) is 10.2 Å². The molecule has 1 aromatic heterocycles. The van der Waals surface area contributed by atoms with Crippen LogP contribution in [-0.4, -0.2) is 45.1 Å². The number of hydrogen-bond donors (Lipinski definition) is 2. The van der Waals surface area contributed by atoms with Crippen molar-refractivity contribution in [2.75, 3.05) is 31.6 Å². The number of nitrogens with zero attached hydrogens (tertiary/aromatic N) is 3. The van der Waals surface area contributed by atoms with Crippen LogP contribution < -0.4 is 19.5 Å². The van der Waals surface area contributed by atoms with E-state index in [2.05, 4.69) is 19.6 Å². The lowest BCUT2D eigenvalue weighted by Crippen LogP contribution is -2.37. The molecule has 1 aliphatic heterocycles. The molecular formula is C16H22FN5O3S. The first-order valence-corrected chi connectivity index (χ1v) is 9.92. The molecule has 8 nitrogen and oxygen atoms in total. The first kappa shape index (κ1) is 18.7. The fraction of sp³-hybridized carbons (Fsp3) is 0.500. The van der Waals surface area contributed by atoms with E-state index in [9.17, 15) is 12.8 Å². The predicted molar refractivity (Wildman–Crippen MR) is 96.7 cm³/mol. The first-order chi connectivity index (χ1) is 12.4. The van der Waals surface area contributed by atoms with E-state index in [1.54, 1.807) is 6.07 Å². The molecular weight excluding hydrogens is 361 g/mol. The maximum absolute atomic E-state index is 14.1. The molecule has 2 heterocycles. The number of hydrogen-bond acceptors (Lipinski definition) is 6. The fourth-order valence-electron chi connectivity index (χ4n) is 3.29. The van der Waals surface area contributed by atoms with Gasteiger partial charge in [-0.2, -0.15) is 8.42 Å². The lowest BCUT2D eigenvalue weighted by Gasteiger charge is -2.33. The van der Waals surface area contributed by atoms with Crippen molar-refractivity contribution < 1.29 is 17.5 Å². The summed E-state index contributed by atoms with van der Waals surface area (Å²) in [4.78, 5) is 10.7. The average Bonchev–Trinajstić information content (AvgIpc) is 2.60. The maximum atomic E-state index is 14.1. The minimum absolute atomic E-state index is 0.156. The monoisotopic (exact) mass is 383 g/mol. The second-order valence-electron chi connectivity index (χ2n) is 6.36. The summed E-state index contributed by atoms with van der Waals surface area (Å²) in [7, 11) is -2.22. The highest BCUT2D eigenvalue weighted by Gasteiger charge is 2.22. The molecule has 0 bridgehead atoms. The highest BCUT2D eigenvalue weighted by molar-refractivity contribution is 7.87. The van der Waals surface area contributed by atoms with Gasteiger partial charge in [0, 0.05) is 31.1 Å². The van der Waals surface area contributed by atoms with Crippen LogP contribution in [0, 0.1) is 11.7 Å². The summed E-state index contributed by atoms with van der Waals surface area (Å²) in [5, 5.41) is 5.59. The molecule has 2 aromatic rings. The molecule has 0 atom stereocenters. The summed E-state index contributed by atoms with van der Waals surface area (Å²) >= 11 is 0. The summed E-state index contributed by atoms with van der Waals surface area (Å²) in [6, 6.07) is 2.98. The van der Waals surface area contributed by atoms with Crippen LogP contribution in [0.5, 0.6) is 5.75 Å². The third-order valence-electron chi connectivity index (χ3n) is 4.66. The second-order valence-corrected chi connectivity index (χ2v) is 7.74. The molecule has 0 spiro atoms. The summed E-state index contributed by atoms with van der Waals surface area (Å²) < 4.78 is 43.2. The molecule has 0 radical (unpaired) electrons. The molecule has 1 aliphatic rings. The number of nitrogens with two attached hydrogens (primary N) is 1. The van der Waals surface area contributed by atoms with E-state index in [4.69, 9.17) is 9.88 Å². The van der Waals surface area contributed by atoms with Gasteiger partial charge < -0.3 is 9.64 Å². The van der Waals surface area contributed by atoms with E-state index in [0.29, 0.717) is 29.2 Å². The van der Waals surface area contributed by atoms with Gasteiger partial charge in [-0.15, -0.1) is 0 Å². The first-order valence-electron chi connectivity index (χ1n) is 8.38. The molecule has 0 aliphatic carbocycles. The van der Waals surface area contributed by atoms with Gasteiger partial charge in [-0.3, -0.25) is 0 Å². The number of rotatable bonds is 6. The average molecular weight is 383 g/mol. The number of fused-ring (bicyclic) bond motifs is 1. The molecule has 10 heteroatoms. The normalized spacial score (nSPS) is 16.2. The van der Waals surface area contributed by atoms with Gasteiger partial charge in [0.15, 0.2) is 11.6 Å². The molecule has 1 fully saturated rings. The van der Waals surface area contributed by atoms with E-state index >= 15 is 0 Å². The summed E-state index contributed by atoms with van der Waals surface area (Å²) in [5.74, 6) is 0.825. The highest BCUT2D eigenvalue weighted by atomic mass is 32.2. The van der Waals surface area contributed by atoms with Crippen LogP contribution in [0.25, 0.3) is 10.9 Å². The molecule has 1 saturated heterocycles. The van der Waals surface area contributed by atoms with E-state index in [0.717, 1.165) is 32.4 Å². The van der Waals surface area contributed by atoms with Crippen molar-refractivity contribution in [1.29, 1.82) is 0 Å². The molecule has 142 valence electrons. The maximum Gasteiger partial charge on any atom is 0.274 e. The highest BCUT2D eigenvalue weighted by Crippen LogP contribution is 2.31. The standard InChI is InChI=1S/C16H22FN5O3S/c1-25-15-9-14-12(8-13(15)17)16(20-10-19-14)22-6-3-11(4-7-22)2-5-21-26(18,23)24/h8-11,21H,2-7H2,1H3,(H2,18,23,24). The fourth-order valence-corrected chi connectivity index (χ4v) is 3.69. The zero-order chi connectivity index (χ0) is 18.7. The lowest BCUT2D eigenvalue weighted by molar-refractivity contribution is 0.380. The molecule has 0 amide bonds. The van der Waals surface area contributed by atoms with Crippen molar-refractivity contribution in [2.24, 2.45) is 11.1 Å². The Balaban J connectivity index is 1.69. The van der Waals surface area contributed by atoms with Gasteiger partial charge in [0.05, 0.1) is 12.6 Å². The van der Waals surface area contributed by atoms with Gasteiger partial charge in [0.25, 0.3) is 10.2 Å². The Labute approximate surface area is 151 Å². The van der Waals surface area contributed by atoms with E-state index in [-0.39, 0.29) is 5.75 Å². The summed E-state index contributed by atoms with van der Waals surface area (Å²) in [6.07, 6.45) is 4.00. The van der Waals surface area contributed by atoms with Crippen molar-refractivity contribution in [3.8, 4) is 5.75 Å². The van der Waals surface area contributed by atoms with Gasteiger partial charge >= 0.3 is 0 Å². The quantitative estimate of drug-likeness (QED) is 0.775. The van der Waals surface area contributed by atoms with Gasteiger partial charge in [-0.1, -0.05) is 0 Å². The zero-order valence-electron chi connectivity index (χ0n) is 14.5. The van der Waals surface area contributed by atoms with Gasteiger partial charge in [-0.05, 0) is 31.2 Å². The van der Waals surface area contributed by atoms with Gasteiger partial charge in [0.2, 0.25) is 0 Å². The molecule has 1 aromatic carbocycles. The molecule has 26 heavy (non-hydrogen) atoms. The molecule has 3 rings (SSSR count). The van der Waals surface area contributed by atoms with Crippen molar-refractivity contribution in [3.63, 3.8) is 0 Å². The van der Waals surface area contributed by atoms with Crippen LogP contribution in [0.2, 0.25) is 0 Å². The van der Waals surface area contributed by atoms with E-state index in [1.807, 2.05) is 0 Å². The van der Waals surface area contributed by atoms with Crippen molar-refractivity contribution in [2.45, 2.75) is 19.3 Å². The van der Waals surface area contributed by atoms with Gasteiger partial charge in [0.1, 0.15) is 12.1 Å². The largest absolute Gasteiger partial charge is 0.494 e. The summed E-state index contributed by atoms with van der Waals surface area (Å²) in [5.41, 5.74) is 0.632. The number of piperidine rings is 1. The number of ether oxygens (including phenoxy) is 1.